The molecule has 2 aromatic heterocycles. The Hall–Kier alpha value is -4.60. The Morgan fingerprint density at radius 3 is 2.06 bits per heavy atom. The second kappa shape index (κ2) is 8.32. The Kier molecular flexibility index (Phi) is 5.28. The van der Waals surface area contributed by atoms with Gasteiger partial charge in [0.2, 0.25) is 5.75 Å². The van der Waals surface area contributed by atoms with Gasteiger partial charge in [-0.1, -0.05) is 0 Å². The fourth-order valence-electron chi connectivity index (χ4n) is 4.31. The third-order valence-corrected chi connectivity index (χ3v) is 5.97. The summed E-state index contributed by atoms with van der Waals surface area (Å²) in [6.45, 7) is 0. The van der Waals surface area contributed by atoms with Crippen LogP contribution in [0.2, 0.25) is 0 Å². The summed E-state index contributed by atoms with van der Waals surface area (Å²) in [7, 11) is 7.74. The van der Waals surface area contributed by atoms with Crippen LogP contribution in [0.15, 0.2) is 42.6 Å². The lowest BCUT2D eigenvalue weighted by Crippen LogP contribution is -2.29. The number of hydrogen-bond acceptors (Lipinski definition) is 8. The van der Waals surface area contributed by atoms with Crippen molar-refractivity contribution in [2.75, 3.05) is 33.3 Å². The van der Waals surface area contributed by atoms with E-state index in [4.69, 9.17) is 18.9 Å². The summed E-state index contributed by atoms with van der Waals surface area (Å²) in [6.07, 6.45) is 1.41. The lowest BCUT2D eigenvalue weighted by molar-refractivity contribution is 0.0926. The zero-order valence-electron chi connectivity index (χ0n) is 19.8. The molecule has 5 rings (SSSR count). The number of nitrogens with zero attached hydrogens (tertiary/aromatic N) is 4. The molecule has 10 heteroatoms. The van der Waals surface area contributed by atoms with E-state index in [1.165, 1.54) is 27.5 Å². The van der Waals surface area contributed by atoms with Crippen molar-refractivity contribution in [2.45, 2.75) is 0 Å². The van der Waals surface area contributed by atoms with Crippen LogP contribution in [0, 0.1) is 0 Å². The number of fused-ring (bicyclic) bond motifs is 3. The van der Waals surface area contributed by atoms with E-state index in [-0.39, 0.29) is 16.8 Å². The predicted molar refractivity (Wildman–Crippen MR) is 128 cm³/mol. The van der Waals surface area contributed by atoms with Crippen molar-refractivity contribution in [3.05, 3.63) is 53.7 Å². The number of carbonyl (C=O) groups is 2. The minimum atomic E-state index is -0.502. The monoisotopic (exact) mass is 474 g/mol. The minimum absolute atomic E-state index is 0.194. The number of anilines is 1. The van der Waals surface area contributed by atoms with E-state index in [1.54, 1.807) is 31.0 Å². The predicted octanol–water partition coefficient (Wildman–Crippen LogP) is 3.47. The number of carbonyl (C=O) groups excluding carboxylic acids is 2. The molecule has 0 N–H and O–H groups in total. The van der Waals surface area contributed by atoms with E-state index >= 15 is 0 Å². The summed E-state index contributed by atoms with van der Waals surface area (Å²) in [4.78, 5) is 32.8. The highest BCUT2D eigenvalue weighted by molar-refractivity contribution is 6.38. The van der Waals surface area contributed by atoms with Crippen LogP contribution in [0.3, 0.4) is 0 Å². The summed E-state index contributed by atoms with van der Waals surface area (Å²) in [5.74, 6) is 0.697. The molecule has 10 nitrogen and oxygen atoms in total. The summed E-state index contributed by atoms with van der Waals surface area (Å²) in [5.41, 5.74) is 2.52. The molecule has 0 fully saturated rings. The zero-order valence-corrected chi connectivity index (χ0v) is 19.8. The van der Waals surface area contributed by atoms with Gasteiger partial charge in [-0.05, 0) is 24.3 Å². The van der Waals surface area contributed by atoms with Crippen molar-refractivity contribution in [1.29, 1.82) is 0 Å². The maximum absolute atomic E-state index is 13.8. The van der Waals surface area contributed by atoms with Crippen LogP contribution in [0.1, 0.15) is 20.7 Å². The highest BCUT2D eigenvalue weighted by Crippen LogP contribution is 2.44. The Labute approximate surface area is 200 Å². The minimum Gasteiger partial charge on any atom is -0.497 e. The van der Waals surface area contributed by atoms with Crippen molar-refractivity contribution < 1.29 is 28.5 Å². The second-order valence-electron chi connectivity index (χ2n) is 7.78. The number of aromatic nitrogens is 3. The SMILES string of the molecule is COc1ccc(-c2nn(C)c3ncc4c(c23)C(=O)N(c2cc(OC)c(OC)c(OC)c2)C4=O)cc1. The lowest BCUT2D eigenvalue weighted by atomic mass is 10.0. The van der Waals surface area contributed by atoms with Crippen LogP contribution in [0.4, 0.5) is 5.69 Å². The molecule has 2 aromatic carbocycles. The van der Waals surface area contributed by atoms with Gasteiger partial charge >= 0.3 is 0 Å². The van der Waals surface area contributed by atoms with E-state index in [9.17, 15) is 9.59 Å². The number of benzene rings is 2. The third-order valence-electron chi connectivity index (χ3n) is 5.97. The molecular weight excluding hydrogens is 452 g/mol. The van der Waals surface area contributed by atoms with Gasteiger partial charge in [0.25, 0.3) is 11.8 Å². The zero-order chi connectivity index (χ0) is 24.9. The van der Waals surface area contributed by atoms with E-state index in [0.717, 1.165) is 10.5 Å². The Morgan fingerprint density at radius 2 is 1.49 bits per heavy atom. The van der Waals surface area contributed by atoms with Crippen molar-refractivity contribution >= 4 is 28.5 Å². The first-order valence-corrected chi connectivity index (χ1v) is 10.6. The van der Waals surface area contributed by atoms with Crippen LogP contribution in [-0.4, -0.2) is 55.0 Å². The molecule has 2 amide bonds. The van der Waals surface area contributed by atoms with E-state index < -0.39 is 11.8 Å². The van der Waals surface area contributed by atoms with E-state index in [1.807, 2.05) is 24.3 Å². The molecule has 178 valence electrons. The smallest absolute Gasteiger partial charge is 0.267 e. The number of pyridine rings is 1. The molecule has 0 unspecified atom stereocenters. The molecule has 0 bridgehead atoms. The third kappa shape index (κ3) is 3.25. The van der Waals surface area contributed by atoms with Gasteiger partial charge in [0.1, 0.15) is 11.4 Å². The topological polar surface area (TPSA) is 105 Å². The number of rotatable bonds is 6. The standard InChI is InChI=1S/C25H22N4O6/c1-28-23-20(21(27-28)13-6-8-15(32-2)9-7-13)19-16(12-26-23)24(30)29(25(19)31)14-10-17(33-3)22(35-5)18(11-14)34-4/h6-12H,1-5H3. The van der Waals surface area contributed by atoms with E-state index in [2.05, 4.69) is 10.1 Å². The average molecular weight is 474 g/mol. The number of aryl methyl sites for hydroxylation is 1. The molecule has 35 heavy (non-hydrogen) atoms. The van der Waals surface area contributed by atoms with Gasteiger partial charge < -0.3 is 18.9 Å². The van der Waals surface area contributed by atoms with Crippen LogP contribution in [0.25, 0.3) is 22.3 Å². The first-order valence-electron chi connectivity index (χ1n) is 10.6. The number of methoxy groups -OCH3 is 4. The van der Waals surface area contributed by atoms with Gasteiger partial charge in [0.05, 0.1) is 50.6 Å². The lowest BCUT2D eigenvalue weighted by Gasteiger charge is -2.18. The summed E-state index contributed by atoms with van der Waals surface area (Å²) < 4.78 is 23.0. The summed E-state index contributed by atoms with van der Waals surface area (Å²) >= 11 is 0. The molecular formula is C25H22N4O6. The number of amides is 2. The van der Waals surface area contributed by atoms with Gasteiger partial charge in [-0.25, -0.2) is 14.6 Å². The average Bonchev–Trinajstić information content (AvgIpc) is 3.36. The molecule has 0 atom stereocenters. The first-order chi connectivity index (χ1) is 16.9. The number of ether oxygens (including phenoxy) is 4. The quantitative estimate of drug-likeness (QED) is 0.391. The summed E-state index contributed by atoms with van der Waals surface area (Å²) in [5, 5.41) is 5.11. The van der Waals surface area contributed by atoms with Gasteiger partial charge in [-0.3, -0.25) is 9.59 Å². The highest BCUT2D eigenvalue weighted by Gasteiger charge is 2.41. The maximum atomic E-state index is 13.8. The second-order valence-corrected chi connectivity index (χ2v) is 7.78. The van der Waals surface area contributed by atoms with Crippen LogP contribution < -0.4 is 23.8 Å². The van der Waals surface area contributed by atoms with Crippen LogP contribution in [-0.2, 0) is 7.05 Å². The summed E-state index contributed by atoms with van der Waals surface area (Å²) in [6, 6.07) is 10.4. The maximum Gasteiger partial charge on any atom is 0.267 e. The van der Waals surface area contributed by atoms with Gasteiger partial charge in [-0.2, -0.15) is 5.10 Å². The molecule has 0 saturated heterocycles. The Balaban J connectivity index is 1.70. The molecule has 3 heterocycles. The van der Waals surface area contributed by atoms with Gasteiger partial charge in [0, 0.05) is 30.9 Å². The fourth-order valence-corrected chi connectivity index (χ4v) is 4.31. The Morgan fingerprint density at radius 1 is 0.829 bits per heavy atom. The molecule has 1 aliphatic heterocycles. The van der Waals surface area contributed by atoms with Crippen molar-refractivity contribution in [2.24, 2.45) is 7.05 Å². The van der Waals surface area contributed by atoms with E-state index in [0.29, 0.717) is 39.7 Å². The van der Waals surface area contributed by atoms with Gasteiger partial charge in [0.15, 0.2) is 17.1 Å². The first kappa shape index (κ1) is 22.2. The molecule has 1 aliphatic rings. The van der Waals surface area contributed by atoms with Crippen molar-refractivity contribution in [1.82, 2.24) is 14.8 Å². The largest absolute Gasteiger partial charge is 0.497 e. The molecule has 0 saturated carbocycles. The normalized spacial score (nSPS) is 12.8. The van der Waals surface area contributed by atoms with Crippen LogP contribution >= 0.6 is 0 Å². The number of hydrogen-bond donors (Lipinski definition) is 0. The Bertz CT molecular complexity index is 1470. The highest BCUT2D eigenvalue weighted by atomic mass is 16.5. The number of imide groups is 1. The molecule has 0 spiro atoms. The fraction of sp³-hybridized carbons (Fsp3) is 0.200. The van der Waals surface area contributed by atoms with Crippen molar-refractivity contribution in [3.8, 4) is 34.3 Å². The van der Waals surface area contributed by atoms with Crippen LogP contribution in [0.5, 0.6) is 23.0 Å². The van der Waals surface area contributed by atoms with Crippen molar-refractivity contribution in [3.63, 3.8) is 0 Å². The molecule has 0 aliphatic carbocycles. The van der Waals surface area contributed by atoms with Gasteiger partial charge in [-0.15, -0.1) is 0 Å². The molecule has 4 aromatic rings. The molecule has 0 radical (unpaired) electrons.